The van der Waals surface area contributed by atoms with E-state index in [9.17, 15) is 4.79 Å². The molecule has 0 bridgehead atoms. The Hall–Kier alpha value is -1.07. The molecule has 0 spiro atoms. The predicted molar refractivity (Wildman–Crippen MR) is 76.4 cm³/mol. The molecular weight excluding hydrogens is 296 g/mol. The van der Waals surface area contributed by atoms with Crippen molar-refractivity contribution in [2.75, 3.05) is 18.9 Å². The van der Waals surface area contributed by atoms with Crippen LogP contribution in [0.1, 0.15) is 30.6 Å². The Morgan fingerprint density at radius 2 is 2.17 bits per heavy atom. The van der Waals surface area contributed by atoms with Gasteiger partial charge in [-0.25, -0.2) is 0 Å². The normalized spacial score (nSPS) is 11.3. The minimum absolute atomic E-state index is 0.119. The van der Waals surface area contributed by atoms with Crippen molar-refractivity contribution < 1.29 is 9.90 Å². The van der Waals surface area contributed by atoms with Crippen LogP contribution in [-0.4, -0.2) is 24.2 Å². The topological polar surface area (TPSA) is 75.3 Å². The average molecular weight is 315 g/mol. The van der Waals surface area contributed by atoms with E-state index in [4.69, 9.17) is 10.8 Å². The van der Waals surface area contributed by atoms with E-state index in [-0.39, 0.29) is 17.9 Å². The Morgan fingerprint density at radius 3 is 2.72 bits per heavy atom. The van der Waals surface area contributed by atoms with Gasteiger partial charge in [-0.05, 0) is 46.0 Å². The lowest BCUT2D eigenvalue weighted by molar-refractivity contribution is 0.0928. The molecule has 0 fully saturated rings. The SMILES string of the molecule is CC(C)(CCO)CNC(=O)c1ccc(Br)c(N)c1. The lowest BCUT2D eigenvalue weighted by Crippen LogP contribution is -2.34. The number of carbonyl (C=O) groups excluding carboxylic acids is 1. The van der Waals surface area contributed by atoms with Gasteiger partial charge >= 0.3 is 0 Å². The van der Waals surface area contributed by atoms with Crippen molar-refractivity contribution in [1.29, 1.82) is 0 Å². The summed E-state index contributed by atoms with van der Waals surface area (Å²) in [6.07, 6.45) is 0.649. The summed E-state index contributed by atoms with van der Waals surface area (Å²) in [6, 6.07) is 5.11. The van der Waals surface area contributed by atoms with Crippen molar-refractivity contribution in [3.8, 4) is 0 Å². The Labute approximate surface area is 116 Å². The van der Waals surface area contributed by atoms with Gasteiger partial charge in [0.25, 0.3) is 5.91 Å². The van der Waals surface area contributed by atoms with Gasteiger partial charge in [-0.1, -0.05) is 13.8 Å². The molecule has 4 N–H and O–H groups in total. The van der Waals surface area contributed by atoms with Gasteiger partial charge in [0.05, 0.1) is 0 Å². The summed E-state index contributed by atoms with van der Waals surface area (Å²) in [7, 11) is 0. The van der Waals surface area contributed by atoms with Crippen LogP contribution in [0.2, 0.25) is 0 Å². The summed E-state index contributed by atoms with van der Waals surface area (Å²) < 4.78 is 0.777. The summed E-state index contributed by atoms with van der Waals surface area (Å²) >= 11 is 3.29. The minimum Gasteiger partial charge on any atom is -0.398 e. The first-order valence-electron chi connectivity index (χ1n) is 5.80. The van der Waals surface area contributed by atoms with E-state index in [0.29, 0.717) is 24.2 Å². The van der Waals surface area contributed by atoms with Crippen molar-refractivity contribution in [2.24, 2.45) is 5.41 Å². The maximum absolute atomic E-state index is 11.9. The fraction of sp³-hybridized carbons (Fsp3) is 0.462. The van der Waals surface area contributed by atoms with Crippen LogP contribution in [0.25, 0.3) is 0 Å². The molecule has 100 valence electrons. The minimum atomic E-state index is -0.153. The molecule has 0 heterocycles. The van der Waals surface area contributed by atoms with Gasteiger partial charge in [-0.3, -0.25) is 4.79 Å². The fourth-order valence-corrected chi connectivity index (χ4v) is 1.74. The number of anilines is 1. The molecule has 4 nitrogen and oxygen atoms in total. The maximum atomic E-state index is 11.9. The van der Waals surface area contributed by atoms with Gasteiger partial charge in [0.15, 0.2) is 0 Å². The number of carbonyl (C=O) groups is 1. The van der Waals surface area contributed by atoms with Gasteiger partial charge in [0, 0.05) is 28.9 Å². The number of nitrogens with two attached hydrogens (primary N) is 1. The van der Waals surface area contributed by atoms with Crippen LogP contribution < -0.4 is 11.1 Å². The second kappa shape index (κ2) is 6.20. The number of nitrogens with one attached hydrogen (secondary N) is 1. The molecule has 0 saturated carbocycles. The largest absolute Gasteiger partial charge is 0.398 e. The van der Waals surface area contributed by atoms with E-state index in [1.165, 1.54) is 0 Å². The molecule has 0 aromatic heterocycles. The van der Waals surface area contributed by atoms with E-state index in [2.05, 4.69) is 21.2 Å². The van der Waals surface area contributed by atoms with Crippen LogP contribution in [0.15, 0.2) is 22.7 Å². The molecule has 1 aromatic rings. The number of benzene rings is 1. The van der Waals surface area contributed by atoms with Crippen LogP contribution >= 0.6 is 15.9 Å². The highest BCUT2D eigenvalue weighted by Gasteiger charge is 2.18. The highest BCUT2D eigenvalue weighted by Crippen LogP contribution is 2.21. The Morgan fingerprint density at radius 1 is 1.50 bits per heavy atom. The lowest BCUT2D eigenvalue weighted by atomic mass is 9.89. The van der Waals surface area contributed by atoms with Crippen LogP contribution in [0.4, 0.5) is 5.69 Å². The van der Waals surface area contributed by atoms with Crippen molar-refractivity contribution in [2.45, 2.75) is 20.3 Å². The molecule has 1 rings (SSSR count). The highest BCUT2D eigenvalue weighted by atomic mass is 79.9. The average Bonchev–Trinajstić information content (AvgIpc) is 2.30. The molecule has 1 amide bonds. The van der Waals surface area contributed by atoms with Crippen LogP contribution in [0, 0.1) is 5.41 Å². The Bertz CT molecular complexity index is 433. The monoisotopic (exact) mass is 314 g/mol. The van der Waals surface area contributed by atoms with Crippen molar-refractivity contribution >= 4 is 27.5 Å². The summed E-state index contributed by atoms with van der Waals surface area (Å²) in [6.45, 7) is 4.63. The van der Waals surface area contributed by atoms with Gasteiger partial charge in [-0.15, -0.1) is 0 Å². The van der Waals surface area contributed by atoms with Gasteiger partial charge in [0.2, 0.25) is 0 Å². The number of hydrogen-bond donors (Lipinski definition) is 3. The summed E-state index contributed by atoms with van der Waals surface area (Å²) in [5.41, 5.74) is 6.69. The zero-order valence-electron chi connectivity index (χ0n) is 10.7. The molecule has 0 saturated heterocycles. The Balaban J connectivity index is 2.63. The first-order valence-corrected chi connectivity index (χ1v) is 6.59. The van der Waals surface area contributed by atoms with Crippen LogP contribution in [-0.2, 0) is 0 Å². The molecule has 18 heavy (non-hydrogen) atoms. The molecule has 0 aliphatic rings. The lowest BCUT2D eigenvalue weighted by Gasteiger charge is -2.23. The van der Waals surface area contributed by atoms with Crippen molar-refractivity contribution in [1.82, 2.24) is 5.32 Å². The smallest absolute Gasteiger partial charge is 0.251 e. The van der Waals surface area contributed by atoms with Gasteiger partial charge in [-0.2, -0.15) is 0 Å². The number of aliphatic hydroxyl groups excluding tert-OH is 1. The maximum Gasteiger partial charge on any atom is 0.251 e. The third kappa shape index (κ3) is 4.31. The van der Waals surface area contributed by atoms with Crippen molar-refractivity contribution in [3.63, 3.8) is 0 Å². The number of aliphatic hydroxyl groups is 1. The third-order valence-corrected chi connectivity index (χ3v) is 3.50. The van der Waals surface area contributed by atoms with E-state index < -0.39 is 0 Å². The quantitative estimate of drug-likeness (QED) is 0.729. The number of rotatable bonds is 5. The summed E-state index contributed by atoms with van der Waals surface area (Å²) in [4.78, 5) is 11.9. The fourth-order valence-electron chi connectivity index (χ4n) is 1.50. The zero-order valence-corrected chi connectivity index (χ0v) is 12.3. The second-order valence-electron chi connectivity index (χ2n) is 5.06. The molecule has 0 radical (unpaired) electrons. The molecule has 1 aromatic carbocycles. The molecule has 0 unspecified atom stereocenters. The van der Waals surface area contributed by atoms with E-state index in [1.54, 1.807) is 18.2 Å². The second-order valence-corrected chi connectivity index (χ2v) is 5.91. The van der Waals surface area contributed by atoms with E-state index in [0.717, 1.165) is 4.47 Å². The highest BCUT2D eigenvalue weighted by molar-refractivity contribution is 9.10. The Kier molecular flexibility index (Phi) is 5.16. The van der Waals surface area contributed by atoms with E-state index >= 15 is 0 Å². The van der Waals surface area contributed by atoms with Crippen LogP contribution in [0.5, 0.6) is 0 Å². The number of halogens is 1. The van der Waals surface area contributed by atoms with Crippen molar-refractivity contribution in [3.05, 3.63) is 28.2 Å². The molecule has 0 atom stereocenters. The van der Waals surface area contributed by atoms with Gasteiger partial charge in [0.1, 0.15) is 0 Å². The number of hydrogen-bond acceptors (Lipinski definition) is 3. The molecule has 0 aliphatic heterocycles. The standard InChI is InChI=1S/C13H19BrN2O2/c1-13(2,5-6-17)8-16-12(18)9-3-4-10(14)11(15)7-9/h3-4,7,17H,5-6,8,15H2,1-2H3,(H,16,18). The predicted octanol–water partition coefficient (Wildman–Crippen LogP) is 2.17. The number of nitrogen functional groups attached to an aromatic ring is 1. The molecule has 5 heteroatoms. The van der Waals surface area contributed by atoms with Crippen LogP contribution in [0.3, 0.4) is 0 Å². The number of amides is 1. The first kappa shape index (κ1) is 15.0. The molecule has 0 aliphatic carbocycles. The third-order valence-electron chi connectivity index (χ3n) is 2.77. The molecular formula is C13H19BrN2O2. The van der Waals surface area contributed by atoms with Gasteiger partial charge < -0.3 is 16.2 Å². The summed E-state index contributed by atoms with van der Waals surface area (Å²) in [5, 5.41) is 11.8. The summed E-state index contributed by atoms with van der Waals surface area (Å²) in [5.74, 6) is -0.153. The first-order chi connectivity index (χ1) is 8.35. The van der Waals surface area contributed by atoms with E-state index in [1.807, 2.05) is 13.8 Å². The zero-order chi connectivity index (χ0) is 13.8.